The number of aliphatic carboxylic acids is 1. The molecule has 12 N–H and O–H groups in total. The summed E-state index contributed by atoms with van der Waals surface area (Å²) in [5.41, 5.74) is 5.47. The summed E-state index contributed by atoms with van der Waals surface area (Å²) in [6.07, 6.45) is -10.1. The standard InChI is InChI=1S/C49H67N3O16S.C40H59N2O13S.2Na.H2O/c1-3-40(54)37-12-16-38(17-13-37)46(58)50-18-20-62-21-22-63-23-24-64-25-26-65-27-28-66-29-31-69-30-7-19-67-49(48(60)61)32-41(55)43(52-34(2)53)45(68-49)44(57)42(56)33-51-47(59)39-14-10-36(11-15-39)35-8-5-4-6-9-35;1-3-14-49-16-17-50-18-19-51-20-21-52-22-23-53-24-26-56-25-7-15-54-40(29-43)27-34(45)36(42-30(2)44)38(55-40)37(47)35(46)28-41-39(48)33-12-10-32(11-13-33)31-8-5-4-6-9-31;;;/h4-6,8-17,41-45,55-57H,3,7,18-33H2,1-2H3,(H,50,58)(H,51,59)(H,52,53)(H,60,61);4-6,8-13,34-38,45-47H,3,7,14-28H2,1-2H3,(H,41,48)(H,42,44);;;1H2/q;-1;2*+1;/p-2/t41-,42+,43+,44+,45+,49+;34-,35+,36+,37+,38+,40+;;;/m00.../s1. The van der Waals surface area contributed by atoms with Gasteiger partial charge < -0.3 is 144 Å². The maximum atomic E-state index is 12.9. The molecule has 2 fully saturated rings. The van der Waals surface area contributed by atoms with Crippen LogP contribution in [-0.4, -0.2) is 344 Å². The number of carboxylic acids is 1. The van der Waals surface area contributed by atoms with Crippen molar-refractivity contribution in [2.75, 3.05) is 188 Å². The number of hydrogen-bond donors (Lipinski definition) is 11. The van der Waals surface area contributed by atoms with Crippen molar-refractivity contribution >= 4 is 71.1 Å². The predicted octanol–water partition coefficient (Wildman–Crippen LogP) is -3.12. The van der Waals surface area contributed by atoms with E-state index in [1.54, 1.807) is 110 Å². The van der Waals surface area contributed by atoms with Gasteiger partial charge in [-0.25, -0.2) is 6.29 Å². The topological polar surface area (TPSA) is 500 Å². The third-order valence-corrected chi connectivity index (χ3v) is 21.3. The van der Waals surface area contributed by atoms with Crippen LogP contribution in [0.5, 0.6) is 0 Å². The molecular weight excluding hydrogens is 1730 g/mol. The number of aliphatic hydroxyl groups excluding tert-OH is 6. The number of benzene rings is 5. The molecule has 0 unspecified atom stereocenters. The molecule has 0 spiro atoms. The molecular formula is C89H126N5Na2O30S2-. The Morgan fingerprint density at radius 2 is 0.773 bits per heavy atom. The Bertz CT molecular complexity index is 3870. The van der Waals surface area contributed by atoms with Crippen molar-refractivity contribution in [3.05, 3.63) is 156 Å². The van der Waals surface area contributed by atoms with Gasteiger partial charge in [-0.05, 0) is 89.4 Å². The van der Waals surface area contributed by atoms with Crippen LogP contribution in [0.3, 0.4) is 0 Å². The van der Waals surface area contributed by atoms with Crippen molar-refractivity contribution < 1.29 is 205 Å². The predicted molar refractivity (Wildman–Crippen MR) is 464 cm³/mol. The first-order valence-corrected chi connectivity index (χ1v) is 44.4. The van der Waals surface area contributed by atoms with Crippen LogP contribution in [0.4, 0.5) is 0 Å². The molecule has 12 atom stereocenters. The molecule has 5 aromatic rings. The van der Waals surface area contributed by atoms with Crippen LogP contribution in [0.2, 0.25) is 0 Å². The average Bonchev–Trinajstić information content (AvgIpc) is 0.773. The monoisotopic (exact) mass is 1850 g/mol. The second kappa shape index (κ2) is 68.2. The van der Waals surface area contributed by atoms with Gasteiger partial charge in [-0.3, -0.25) is 28.8 Å². The maximum absolute atomic E-state index is 12.9. The molecule has 35 nitrogen and oxygen atoms in total. The largest absolute Gasteiger partial charge is 1.00 e. The maximum Gasteiger partial charge on any atom is 1.00 e. The zero-order valence-electron chi connectivity index (χ0n) is 74.1. The van der Waals surface area contributed by atoms with E-state index in [0.717, 1.165) is 41.0 Å². The SMILES string of the molecule is CCC(=O)c1ccc(C(=O)NCCOCCOCCOCCOCCOCCSCCCO[C@]2(C(=O)[O-])C[C@H](O)[C@@H](NC(C)=O)[C@H]([C@H](O)[C@H](O)CNC(=O)c3ccc(-c4ccccc4)cc3)O2)cc1.CCCOCCOCCOCCOCCOCCSCCCO[C@]1([C-]=O)C[C@H](O)[C@@H](NC(C)=O)[C@H]([C@H](O)[C@H](O)CNC(=O)c2ccc(-c3ccccc3)cc2)O1.[Na+].[Na+].[OH-]. The Kier molecular flexibility index (Phi) is 61.9. The number of amides is 5. The van der Waals surface area contributed by atoms with Crippen LogP contribution >= 0.6 is 23.5 Å². The quantitative estimate of drug-likeness (QED) is 0.00794. The van der Waals surface area contributed by atoms with Crippen molar-refractivity contribution in [1.29, 1.82) is 0 Å². The van der Waals surface area contributed by atoms with E-state index in [9.17, 15) is 74.1 Å². The second-order valence-corrected chi connectivity index (χ2v) is 31.3. The van der Waals surface area contributed by atoms with Crippen LogP contribution in [0.15, 0.2) is 133 Å². The van der Waals surface area contributed by atoms with Crippen molar-refractivity contribution in [3.8, 4) is 22.3 Å². The fourth-order valence-corrected chi connectivity index (χ4v) is 14.2. The van der Waals surface area contributed by atoms with Crippen LogP contribution in [0.1, 0.15) is 108 Å². The van der Waals surface area contributed by atoms with E-state index in [2.05, 4.69) is 33.5 Å². The summed E-state index contributed by atoms with van der Waals surface area (Å²) in [4.78, 5) is 98.3. The number of thioether (sulfide) groups is 2. The Hall–Kier alpha value is -5.88. The molecule has 5 aromatic carbocycles. The Labute approximate surface area is 801 Å². The minimum absolute atomic E-state index is 0. The molecule has 0 aliphatic carbocycles. The van der Waals surface area contributed by atoms with E-state index in [0.29, 0.717) is 191 Å². The Balaban J connectivity index is 0.000000658. The fourth-order valence-electron chi connectivity index (χ4n) is 12.6. The van der Waals surface area contributed by atoms with Crippen LogP contribution < -0.4 is 90.8 Å². The van der Waals surface area contributed by atoms with Gasteiger partial charge in [0.2, 0.25) is 17.6 Å². The van der Waals surface area contributed by atoms with Crippen molar-refractivity contribution in [1.82, 2.24) is 26.6 Å². The second-order valence-electron chi connectivity index (χ2n) is 28.8. The molecule has 2 aliphatic heterocycles. The number of nitrogens with one attached hydrogen (secondary N) is 5. The summed E-state index contributed by atoms with van der Waals surface area (Å²) in [6.45, 7) is 14.8. The van der Waals surface area contributed by atoms with Gasteiger partial charge >= 0.3 is 59.1 Å². The van der Waals surface area contributed by atoms with Gasteiger partial charge in [-0.1, -0.05) is 111 Å². The minimum Gasteiger partial charge on any atom is -0.870 e. The summed E-state index contributed by atoms with van der Waals surface area (Å²) in [6, 6.07) is 36.9. The number of carbonyl (C=O) groups excluding carboxylic acids is 8. The van der Waals surface area contributed by atoms with Crippen LogP contribution in [-0.2, 0) is 85.5 Å². The van der Waals surface area contributed by atoms with Crippen LogP contribution in [0.25, 0.3) is 22.3 Å². The molecule has 39 heteroatoms. The molecule has 7 rings (SSSR count). The first kappa shape index (κ1) is 116. The van der Waals surface area contributed by atoms with E-state index in [-0.39, 0.29) is 95.9 Å². The Morgan fingerprint density at radius 1 is 0.438 bits per heavy atom. The molecule has 0 bridgehead atoms. The summed E-state index contributed by atoms with van der Waals surface area (Å²) < 4.78 is 78.0. The zero-order valence-corrected chi connectivity index (χ0v) is 79.7. The smallest absolute Gasteiger partial charge is 0.870 e. The van der Waals surface area contributed by atoms with Gasteiger partial charge in [0.25, 0.3) is 17.7 Å². The molecule has 0 aromatic heterocycles. The molecule has 702 valence electrons. The number of carboxylic acid groups (broad SMARTS) is 1. The molecule has 0 saturated carbocycles. The van der Waals surface area contributed by atoms with Gasteiger partial charge in [-0.2, -0.15) is 23.5 Å². The van der Waals surface area contributed by atoms with E-state index < -0.39 is 122 Å². The van der Waals surface area contributed by atoms with Gasteiger partial charge in [-0.15, -0.1) is 0 Å². The average molecular weight is 1860 g/mol. The number of ether oxygens (including phenoxy) is 14. The van der Waals surface area contributed by atoms with E-state index in [1.165, 1.54) is 13.8 Å². The Morgan fingerprint density at radius 3 is 1.15 bits per heavy atom. The van der Waals surface area contributed by atoms with Crippen molar-refractivity contribution in [2.24, 2.45) is 0 Å². The zero-order chi connectivity index (χ0) is 90.3. The first-order valence-electron chi connectivity index (χ1n) is 42.1. The normalized spacial score (nSPS) is 19.1. The van der Waals surface area contributed by atoms with Gasteiger partial charge in [0.05, 0.1) is 174 Å². The van der Waals surface area contributed by atoms with Crippen molar-refractivity contribution in [2.45, 2.75) is 139 Å². The minimum atomic E-state index is -2.51. The number of hydrogen-bond acceptors (Lipinski definition) is 32. The number of Topliss-reactive ketones (excluding diaryl/α,β-unsaturated/α-hetero) is 1. The van der Waals surface area contributed by atoms with Gasteiger partial charge in [0.15, 0.2) is 5.78 Å². The van der Waals surface area contributed by atoms with Crippen LogP contribution in [0, 0.1) is 0 Å². The number of carbonyl (C=O) groups is 7. The van der Waals surface area contributed by atoms with E-state index in [4.69, 9.17) is 66.3 Å². The number of aliphatic hydroxyl groups is 6. The summed E-state index contributed by atoms with van der Waals surface area (Å²) >= 11 is 3.17. The number of ketones is 1. The third kappa shape index (κ3) is 44.3. The molecule has 2 aliphatic rings. The summed E-state index contributed by atoms with van der Waals surface area (Å²) in [5, 5.41) is 91.5. The molecule has 0 radical (unpaired) electrons. The number of rotatable bonds is 64. The van der Waals surface area contributed by atoms with E-state index >= 15 is 0 Å². The van der Waals surface area contributed by atoms with Gasteiger partial charge in [0.1, 0.15) is 30.4 Å². The third-order valence-electron chi connectivity index (χ3n) is 19.2. The molecule has 2 heterocycles. The van der Waals surface area contributed by atoms with E-state index in [1.807, 2.05) is 60.7 Å². The summed E-state index contributed by atoms with van der Waals surface area (Å²) in [5.74, 6) is -6.14. The molecule has 128 heavy (non-hydrogen) atoms. The first-order chi connectivity index (χ1) is 60.5. The summed E-state index contributed by atoms with van der Waals surface area (Å²) in [7, 11) is 0. The fraction of sp³-hybridized carbons (Fsp3) is 0.573. The molecule has 5 amide bonds. The molecule has 2 saturated heterocycles. The van der Waals surface area contributed by atoms with Gasteiger partial charge in [0, 0.05) is 99.7 Å². The van der Waals surface area contributed by atoms with Crippen molar-refractivity contribution in [3.63, 3.8) is 0 Å².